The Morgan fingerprint density at radius 3 is 2.32 bits per heavy atom. The van der Waals surface area contributed by atoms with E-state index in [1.807, 2.05) is 0 Å². The number of carboxylic acids is 1. The van der Waals surface area contributed by atoms with Crippen LogP contribution in [0.4, 0.5) is 0 Å². The Kier molecular flexibility index (Phi) is 9.42. The van der Waals surface area contributed by atoms with Gasteiger partial charge in [-0.05, 0) is 12.8 Å². The molecule has 0 aromatic carbocycles. The van der Waals surface area contributed by atoms with E-state index < -0.39 is 12.1 Å². The van der Waals surface area contributed by atoms with Gasteiger partial charge in [0.25, 0.3) is 0 Å². The van der Waals surface area contributed by atoms with Crippen molar-refractivity contribution < 1.29 is 24.6 Å². The lowest BCUT2D eigenvalue weighted by Gasteiger charge is -2.07. The van der Waals surface area contributed by atoms with Crippen molar-refractivity contribution in [3.8, 4) is 0 Å². The summed E-state index contributed by atoms with van der Waals surface area (Å²) >= 11 is 0. The average molecular weight is 274 g/mol. The third-order valence-corrected chi connectivity index (χ3v) is 2.48. The molecular weight excluding hydrogens is 252 g/mol. The summed E-state index contributed by atoms with van der Waals surface area (Å²) in [5, 5.41) is 22.6. The third-order valence-electron chi connectivity index (χ3n) is 2.48. The van der Waals surface area contributed by atoms with Crippen LogP contribution in [0.25, 0.3) is 0 Å². The van der Waals surface area contributed by atoms with Gasteiger partial charge in [0.05, 0.1) is 0 Å². The SMILES string of the molecule is CC(=O)NCCCCCC(=O)NCC[C@H](O)C(=O)O. The molecule has 19 heavy (non-hydrogen) atoms. The van der Waals surface area contributed by atoms with Gasteiger partial charge in [-0.15, -0.1) is 0 Å². The normalized spacial score (nSPS) is 11.7. The molecule has 0 aliphatic rings. The van der Waals surface area contributed by atoms with Crippen LogP contribution >= 0.6 is 0 Å². The Balaban J connectivity index is 3.40. The molecule has 0 aliphatic carbocycles. The summed E-state index contributed by atoms with van der Waals surface area (Å²) in [4.78, 5) is 32.2. The van der Waals surface area contributed by atoms with Crippen LogP contribution in [0.1, 0.15) is 39.0 Å². The van der Waals surface area contributed by atoms with Crippen LogP contribution in [0, 0.1) is 0 Å². The molecule has 0 aliphatic heterocycles. The highest BCUT2D eigenvalue weighted by molar-refractivity contribution is 5.76. The summed E-state index contributed by atoms with van der Waals surface area (Å²) in [6.45, 7) is 2.22. The van der Waals surface area contributed by atoms with Crippen LogP contribution in [0.2, 0.25) is 0 Å². The lowest BCUT2D eigenvalue weighted by Crippen LogP contribution is -2.29. The van der Waals surface area contributed by atoms with E-state index in [4.69, 9.17) is 10.2 Å². The molecule has 0 aromatic heterocycles. The number of carbonyl (C=O) groups is 3. The molecule has 1 atom stereocenters. The van der Waals surface area contributed by atoms with Gasteiger partial charge in [0.2, 0.25) is 11.8 Å². The monoisotopic (exact) mass is 274 g/mol. The van der Waals surface area contributed by atoms with Crippen LogP contribution in [-0.4, -0.2) is 47.2 Å². The van der Waals surface area contributed by atoms with Gasteiger partial charge >= 0.3 is 5.97 Å². The first-order valence-electron chi connectivity index (χ1n) is 6.35. The molecule has 0 aromatic rings. The molecule has 0 bridgehead atoms. The van der Waals surface area contributed by atoms with Crippen molar-refractivity contribution in [2.75, 3.05) is 13.1 Å². The van der Waals surface area contributed by atoms with E-state index in [0.717, 1.165) is 12.8 Å². The number of amides is 2. The second-order valence-electron chi connectivity index (χ2n) is 4.29. The van der Waals surface area contributed by atoms with Gasteiger partial charge in [0.15, 0.2) is 6.10 Å². The molecule has 7 nitrogen and oxygen atoms in total. The first kappa shape index (κ1) is 17.4. The molecule has 2 amide bonds. The first-order chi connectivity index (χ1) is 8.93. The number of aliphatic hydroxyl groups excluding tert-OH is 1. The predicted octanol–water partition coefficient (Wildman–Crippen LogP) is -0.365. The minimum Gasteiger partial charge on any atom is -0.479 e. The summed E-state index contributed by atoms with van der Waals surface area (Å²) in [7, 11) is 0. The Bertz CT molecular complexity index is 306. The van der Waals surface area contributed by atoms with Crippen molar-refractivity contribution in [1.29, 1.82) is 0 Å². The smallest absolute Gasteiger partial charge is 0.332 e. The number of aliphatic carboxylic acids is 1. The van der Waals surface area contributed by atoms with Crippen molar-refractivity contribution in [3.63, 3.8) is 0 Å². The van der Waals surface area contributed by atoms with Crippen LogP contribution < -0.4 is 10.6 Å². The fraction of sp³-hybridized carbons (Fsp3) is 0.750. The molecule has 4 N–H and O–H groups in total. The second-order valence-corrected chi connectivity index (χ2v) is 4.29. The molecule has 7 heteroatoms. The average Bonchev–Trinajstić information content (AvgIpc) is 2.32. The van der Waals surface area contributed by atoms with Crippen molar-refractivity contribution in [3.05, 3.63) is 0 Å². The molecule has 0 unspecified atom stereocenters. The summed E-state index contributed by atoms with van der Waals surface area (Å²) in [5.74, 6) is -1.50. The van der Waals surface area contributed by atoms with Gasteiger partial charge in [0.1, 0.15) is 0 Å². The molecule has 0 rings (SSSR count). The summed E-state index contributed by atoms with van der Waals surface area (Å²) < 4.78 is 0. The van der Waals surface area contributed by atoms with E-state index in [0.29, 0.717) is 19.4 Å². The highest BCUT2D eigenvalue weighted by atomic mass is 16.4. The third kappa shape index (κ3) is 11.2. The van der Waals surface area contributed by atoms with Gasteiger partial charge in [-0.2, -0.15) is 0 Å². The zero-order valence-corrected chi connectivity index (χ0v) is 11.1. The topological polar surface area (TPSA) is 116 Å². The molecule has 110 valence electrons. The summed E-state index contributed by atoms with van der Waals surface area (Å²) in [6.07, 6.45) is 1.31. The zero-order valence-electron chi connectivity index (χ0n) is 11.1. The molecule has 0 saturated carbocycles. The Morgan fingerprint density at radius 2 is 1.74 bits per heavy atom. The molecule has 0 radical (unpaired) electrons. The second kappa shape index (κ2) is 10.3. The van der Waals surface area contributed by atoms with Gasteiger partial charge < -0.3 is 20.8 Å². The van der Waals surface area contributed by atoms with Gasteiger partial charge in [0, 0.05) is 32.9 Å². The van der Waals surface area contributed by atoms with Crippen LogP contribution in [0.15, 0.2) is 0 Å². The molecular formula is C12H22N2O5. The Hall–Kier alpha value is -1.63. The number of hydrogen-bond donors (Lipinski definition) is 4. The highest BCUT2D eigenvalue weighted by Gasteiger charge is 2.12. The summed E-state index contributed by atoms with van der Waals surface area (Å²) in [5.41, 5.74) is 0. The quantitative estimate of drug-likeness (QED) is 0.406. The maximum atomic E-state index is 11.3. The van der Waals surface area contributed by atoms with Gasteiger partial charge in [-0.25, -0.2) is 4.79 Å². The minimum absolute atomic E-state index is 0.00358. The fourth-order valence-electron chi connectivity index (χ4n) is 1.41. The van der Waals surface area contributed by atoms with E-state index in [1.54, 1.807) is 0 Å². The lowest BCUT2D eigenvalue weighted by molar-refractivity contribution is -0.147. The number of unbranched alkanes of at least 4 members (excludes halogenated alkanes) is 2. The zero-order chi connectivity index (χ0) is 14.7. The number of rotatable bonds is 10. The lowest BCUT2D eigenvalue weighted by atomic mass is 10.2. The first-order valence-corrected chi connectivity index (χ1v) is 6.35. The molecule has 0 fully saturated rings. The van der Waals surface area contributed by atoms with E-state index >= 15 is 0 Å². The van der Waals surface area contributed by atoms with Crippen molar-refractivity contribution in [1.82, 2.24) is 10.6 Å². The van der Waals surface area contributed by atoms with Crippen molar-refractivity contribution >= 4 is 17.8 Å². The highest BCUT2D eigenvalue weighted by Crippen LogP contribution is 1.99. The van der Waals surface area contributed by atoms with E-state index in [1.165, 1.54) is 6.92 Å². The minimum atomic E-state index is -1.43. The maximum Gasteiger partial charge on any atom is 0.332 e. The number of carbonyl (C=O) groups excluding carboxylic acids is 2. The number of aliphatic hydroxyl groups is 1. The molecule has 0 saturated heterocycles. The van der Waals surface area contributed by atoms with Gasteiger partial charge in [-0.3, -0.25) is 9.59 Å². The number of nitrogens with one attached hydrogen (secondary N) is 2. The Labute approximate surface area is 112 Å². The maximum absolute atomic E-state index is 11.3. The number of carboxylic acid groups (broad SMARTS) is 1. The largest absolute Gasteiger partial charge is 0.479 e. The summed E-state index contributed by atoms with van der Waals surface area (Å²) in [6, 6.07) is 0. The van der Waals surface area contributed by atoms with Crippen LogP contribution in [0.3, 0.4) is 0 Å². The van der Waals surface area contributed by atoms with Crippen LogP contribution in [-0.2, 0) is 14.4 Å². The fourth-order valence-corrected chi connectivity index (χ4v) is 1.41. The van der Waals surface area contributed by atoms with Crippen molar-refractivity contribution in [2.24, 2.45) is 0 Å². The van der Waals surface area contributed by atoms with E-state index in [-0.39, 0.29) is 24.8 Å². The van der Waals surface area contributed by atoms with E-state index in [9.17, 15) is 14.4 Å². The van der Waals surface area contributed by atoms with E-state index in [2.05, 4.69) is 10.6 Å². The van der Waals surface area contributed by atoms with Crippen LogP contribution in [0.5, 0.6) is 0 Å². The van der Waals surface area contributed by atoms with Crippen molar-refractivity contribution in [2.45, 2.75) is 45.1 Å². The molecule has 0 heterocycles. The molecule has 0 spiro atoms. The Morgan fingerprint density at radius 1 is 1.05 bits per heavy atom. The predicted molar refractivity (Wildman–Crippen MR) is 68.4 cm³/mol. The number of hydrogen-bond acceptors (Lipinski definition) is 4. The van der Waals surface area contributed by atoms with Gasteiger partial charge in [-0.1, -0.05) is 6.42 Å². The standard InChI is InChI=1S/C12H22N2O5/c1-9(15)13-7-4-2-3-5-11(17)14-8-6-10(16)12(18)19/h10,16H,2-8H2,1H3,(H,13,15)(H,14,17)(H,18,19)/t10-/m0/s1.